The second-order valence-electron chi connectivity index (χ2n) is 7.06. The molecule has 1 saturated heterocycles. The quantitative estimate of drug-likeness (QED) is 0.910. The second-order valence-corrected chi connectivity index (χ2v) is 7.06. The molecule has 1 fully saturated rings. The van der Waals surface area contributed by atoms with Crippen molar-refractivity contribution in [1.29, 1.82) is 0 Å². The highest BCUT2D eigenvalue weighted by Crippen LogP contribution is 2.34. The number of pyridine rings is 2. The Bertz CT molecular complexity index is 771. The van der Waals surface area contributed by atoms with Crippen molar-refractivity contribution in [3.05, 3.63) is 41.2 Å². The minimum atomic E-state index is -0.345. The number of hydrogen-bond donors (Lipinski definition) is 1. The number of anilines is 1. The third-order valence-corrected chi connectivity index (χ3v) is 5.27. The van der Waals surface area contributed by atoms with E-state index in [-0.39, 0.29) is 12.2 Å². The molecule has 1 N–H and O–H groups in total. The van der Waals surface area contributed by atoms with Crippen molar-refractivity contribution in [3.63, 3.8) is 0 Å². The lowest BCUT2D eigenvalue weighted by Gasteiger charge is -2.34. The standard InChI is InChI=1S/C20H25N3O3/c1-13-11-16-17(4-5-18(16)24)22-20(13)23-9-7-14(8-10-23)26-15-3-6-19(25-2)21-12-15/h3,6,11-12,14,18,24H,4-5,7-10H2,1-2H3. The maximum atomic E-state index is 10.0. The molecular weight excluding hydrogens is 330 g/mol. The van der Waals surface area contributed by atoms with Gasteiger partial charge in [0, 0.05) is 43.3 Å². The van der Waals surface area contributed by atoms with E-state index in [9.17, 15) is 5.11 Å². The molecule has 2 aromatic rings. The molecule has 1 atom stereocenters. The van der Waals surface area contributed by atoms with Crippen LogP contribution in [-0.4, -0.2) is 41.4 Å². The molecule has 4 rings (SSSR count). The summed E-state index contributed by atoms with van der Waals surface area (Å²) in [7, 11) is 1.61. The van der Waals surface area contributed by atoms with Gasteiger partial charge in [-0.15, -0.1) is 0 Å². The summed E-state index contributed by atoms with van der Waals surface area (Å²) < 4.78 is 11.1. The van der Waals surface area contributed by atoms with Crippen molar-refractivity contribution in [2.45, 2.75) is 44.8 Å². The lowest BCUT2D eigenvalue weighted by Crippen LogP contribution is -2.39. The molecule has 2 aliphatic rings. The van der Waals surface area contributed by atoms with Crippen molar-refractivity contribution < 1.29 is 14.6 Å². The summed E-state index contributed by atoms with van der Waals surface area (Å²) in [6.45, 7) is 3.92. The molecule has 138 valence electrons. The molecule has 0 bridgehead atoms. The smallest absolute Gasteiger partial charge is 0.213 e. The highest BCUT2D eigenvalue weighted by Gasteiger charge is 2.27. The number of fused-ring (bicyclic) bond motifs is 1. The van der Waals surface area contributed by atoms with Gasteiger partial charge in [-0.2, -0.15) is 0 Å². The Hall–Kier alpha value is -2.34. The van der Waals surface area contributed by atoms with Crippen LogP contribution in [0.3, 0.4) is 0 Å². The zero-order valence-corrected chi connectivity index (χ0v) is 15.3. The van der Waals surface area contributed by atoms with E-state index in [1.165, 1.54) is 0 Å². The molecule has 1 aliphatic carbocycles. The van der Waals surface area contributed by atoms with Crippen molar-refractivity contribution in [1.82, 2.24) is 9.97 Å². The average Bonchev–Trinajstić information content (AvgIpc) is 3.02. The molecule has 1 unspecified atom stereocenters. The summed E-state index contributed by atoms with van der Waals surface area (Å²) in [5, 5.41) is 10.0. The van der Waals surface area contributed by atoms with Crippen LogP contribution in [0, 0.1) is 6.92 Å². The van der Waals surface area contributed by atoms with E-state index in [0.29, 0.717) is 5.88 Å². The fraction of sp³-hybridized carbons (Fsp3) is 0.500. The Morgan fingerprint density at radius 1 is 1.19 bits per heavy atom. The first-order valence-electron chi connectivity index (χ1n) is 9.24. The van der Waals surface area contributed by atoms with Crippen LogP contribution >= 0.6 is 0 Å². The summed E-state index contributed by atoms with van der Waals surface area (Å²) in [5.74, 6) is 2.43. The van der Waals surface area contributed by atoms with Crippen LogP contribution in [0.1, 0.15) is 42.2 Å². The molecule has 0 spiro atoms. The van der Waals surface area contributed by atoms with Crippen LogP contribution in [0.4, 0.5) is 5.82 Å². The molecule has 6 nitrogen and oxygen atoms in total. The monoisotopic (exact) mass is 355 g/mol. The van der Waals surface area contributed by atoms with Crippen molar-refractivity contribution in [2.75, 3.05) is 25.1 Å². The number of aryl methyl sites for hydroxylation is 2. The fourth-order valence-corrected chi connectivity index (χ4v) is 3.83. The number of hydrogen-bond acceptors (Lipinski definition) is 6. The second kappa shape index (κ2) is 7.11. The Morgan fingerprint density at radius 3 is 2.69 bits per heavy atom. The number of aromatic nitrogens is 2. The zero-order chi connectivity index (χ0) is 18.1. The third kappa shape index (κ3) is 3.33. The highest BCUT2D eigenvalue weighted by atomic mass is 16.5. The van der Waals surface area contributed by atoms with Gasteiger partial charge in [0.05, 0.1) is 19.4 Å². The maximum absolute atomic E-state index is 10.0. The highest BCUT2D eigenvalue weighted by molar-refractivity contribution is 5.51. The first-order valence-corrected chi connectivity index (χ1v) is 9.24. The van der Waals surface area contributed by atoms with Crippen LogP contribution in [-0.2, 0) is 6.42 Å². The lowest BCUT2D eigenvalue weighted by atomic mass is 10.1. The predicted molar refractivity (Wildman–Crippen MR) is 98.9 cm³/mol. The van der Waals surface area contributed by atoms with Crippen LogP contribution < -0.4 is 14.4 Å². The fourth-order valence-electron chi connectivity index (χ4n) is 3.83. The summed E-state index contributed by atoms with van der Waals surface area (Å²) >= 11 is 0. The van der Waals surface area contributed by atoms with Crippen molar-refractivity contribution >= 4 is 5.82 Å². The molecule has 6 heteroatoms. The van der Waals surface area contributed by atoms with Gasteiger partial charge in [0.2, 0.25) is 5.88 Å². The Kier molecular flexibility index (Phi) is 4.68. The molecule has 3 heterocycles. The molecule has 0 amide bonds. The van der Waals surface area contributed by atoms with Gasteiger partial charge >= 0.3 is 0 Å². The van der Waals surface area contributed by atoms with E-state index >= 15 is 0 Å². The van der Waals surface area contributed by atoms with E-state index in [2.05, 4.69) is 22.9 Å². The number of methoxy groups -OCH3 is 1. The maximum Gasteiger partial charge on any atom is 0.213 e. The molecule has 26 heavy (non-hydrogen) atoms. The largest absolute Gasteiger partial charge is 0.489 e. The number of nitrogens with zero attached hydrogens (tertiary/aromatic N) is 3. The molecule has 1 aliphatic heterocycles. The minimum absolute atomic E-state index is 0.193. The van der Waals surface area contributed by atoms with Crippen LogP contribution in [0.25, 0.3) is 0 Å². The first-order chi connectivity index (χ1) is 12.6. The number of aliphatic hydroxyl groups excluding tert-OH is 1. The summed E-state index contributed by atoms with van der Waals surface area (Å²) in [5.41, 5.74) is 3.21. The SMILES string of the molecule is COc1ccc(OC2CCN(c3nc4c(cc3C)C(O)CC4)CC2)cn1. The van der Waals surface area contributed by atoms with Gasteiger partial charge in [-0.3, -0.25) is 0 Å². The van der Waals surface area contributed by atoms with Gasteiger partial charge < -0.3 is 19.5 Å². The zero-order valence-electron chi connectivity index (χ0n) is 15.3. The van der Waals surface area contributed by atoms with E-state index in [4.69, 9.17) is 14.5 Å². The predicted octanol–water partition coefficient (Wildman–Crippen LogP) is 2.82. The molecule has 2 aromatic heterocycles. The van der Waals surface area contributed by atoms with Crippen molar-refractivity contribution in [3.8, 4) is 11.6 Å². The van der Waals surface area contributed by atoms with Crippen LogP contribution in [0.2, 0.25) is 0 Å². The minimum Gasteiger partial charge on any atom is -0.489 e. The molecular formula is C20H25N3O3. The normalized spacial score (nSPS) is 20.1. The topological polar surface area (TPSA) is 67.7 Å². The van der Waals surface area contributed by atoms with Crippen LogP contribution in [0.5, 0.6) is 11.6 Å². The van der Waals surface area contributed by atoms with E-state index in [1.54, 1.807) is 13.3 Å². The van der Waals surface area contributed by atoms with Gasteiger partial charge in [-0.05, 0) is 37.5 Å². The van der Waals surface area contributed by atoms with Gasteiger partial charge in [-0.1, -0.05) is 0 Å². The molecule has 0 saturated carbocycles. The summed E-state index contributed by atoms with van der Waals surface area (Å²) in [6.07, 6.45) is 5.12. The number of rotatable bonds is 4. The Labute approximate surface area is 153 Å². The lowest BCUT2D eigenvalue weighted by molar-refractivity contribution is 0.169. The molecule has 0 aromatic carbocycles. The molecule has 0 radical (unpaired) electrons. The Balaban J connectivity index is 1.39. The van der Waals surface area contributed by atoms with Gasteiger partial charge in [0.15, 0.2) is 0 Å². The number of piperidine rings is 1. The summed E-state index contributed by atoms with van der Waals surface area (Å²) in [6, 6.07) is 5.83. The van der Waals surface area contributed by atoms with Gasteiger partial charge in [0.1, 0.15) is 17.7 Å². The first kappa shape index (κ1) is 17.1. The third-order valence-electron chi connectivity index (χ3n) is 5.27. The number of ether oxygens (including phenoxy) is 2. The number of aliphatic hydroxyl groups is 1. The van der Waals surface area contributed by atoms with E-state index < -0.39 is 0 Å². The Morgan fingerprint density at radius 2 is 2.00 bits per heavy atom. The average molecular weight is 355 g/mol. The van der Waals surface area contributed by atoms with E-state index in [0.717, 1.165) is 67.2 Å². The van der Waals surface area contributed by atoms with Gasteiger partial charge in [-0.25, -0.2) is 9.97 Å². The summed E-state index contributed by atoms with van der Waals surface area (Å²) in [4.78, 5) is 11.4. The van der Waals surface area contributed by atoms with Crippen molar-refractivity contribution in [2.24, 2.45) is 0 Å². The van der Waals surface area contributed by atoms with Gasteiger partial charge in [0.25, 0.3) is 0 Å². The van der Waals surface area contributed by atoms with E-state index in [1.807, 2.05) is 12.1 Å². The van der Waals surface area contributed by atoms with Crippen LogP contribution in [0.15, 0.2) is 24.4 Å².